The zero-order valence-corrected chi connectivity index (χ0v) is 8.64. The van der Waals surface area contributed by atoms with Gasteiger partial charge in [-0.05, 0) is 19.1 Å². The van der Waals surface area contributed by atoms with E-state index in [1.54, 1.807) is 28.8 Å². The monoisotopic (exact) mass is 204 g/mol. The third-order valence-electron chi connectivity index (χ3n) is 1.98. The fraction of sp³-hybridized carbons (Fsp3) is 0.182. The summed E-state index contributed by atoms with van der Waals surface area (Å²) < 4.78 is 7.29. The molecule has 0 fully saturated rings. The summed E-state index contributed by atoms with van der Waals surface area (Å²) in [6.07, 6.45) is 1.87. The van der Waals surface area contributed by atoms with Gasteiger partial charge in [0.2, 0.25) is 0 Å². The molecule has 4 nitrogen and oxygen atoms in total. The van der Waals surface area contributed by atoms with Crippen molar-refractivity contribution in [1.29, 1.82) is 0 Å². The van der Waals surface area contributed by atoms with Gasteiger partial charge in [-0.1, -0.05) is 6.07 Å². The van der Waals surface area contributed by atoms with Crippen molar-refractivity contribution in [2.75, 3.05) is 0 Å². The Bertz CT molecular complexity index is 477. The van der Waals surface area contributed by atoms with Gasteiger partial charge in [-0.3, -0.25) is 0 Å². The Morgan fingerprint density at radius 2 is 2.20 bits per heavy atom. The number of phenols is 1. The first-order chi connectivity index (χ1) is 7.15. The topological polar surface area (TPSA) is 47.3 Å². The molecule has 0 spiro atoms. The van der Waals surface area contributed by atoms with Crippen molar-refractivity contribution in [2.24, 2.45) is 7.05 Å². The minimum absolute atomic E-state index is 0.179. The average molecular weight is 204 g/mol. The number of hydrogen-bond donors (Lipinski definition) is 1. The molecule has 78 valence electrons. The predicted molar refractivity (Wildman–Crippen MR) is 56.1 cm³/mol. The number of hydrogen-bond acceptors (Lipinski definition) is 3. The second kappa shape index (κ2) is 3.65. The third kappa shape index (κ3) is 2.10. The van der Waals surface area contributed by atoms with E-state index in [9.17, 15) is 5.11 Å². The largest absolute Gasteiger partial charge is 0.508 e. The summed E-state index contributed by atoms with van der Waals surface area (Å²) in [7, 11) is 1.86. The molecule has 1 aromatic carbocycles. The summed E-state index contributed by atoms with van der Waals surface area (Å²) in [4.78, 5) is 4.19. The van der Waals surface area contributed by atoms with Gasteiger partial charge in [0.1, 0.15) is 11.5 Å². The molecule has 0 aliphatic carbocycles. The van der Waals surface area contributed by atoms with Gasteiger partial charge in [0.15, 0.2) is 0 Å². The first-order valence-electron chi connectivity index (χ1n) is 4.62. The van der Waals surface area contributed by atoms with Crippen molar-refractivity contribution >= 4 is 0 Å². The highest BCUT2D eigenvalue weighted by Crippen LogP contribution is 2.23. The number of aryl methyl sites for hydroxylation is 2. The lowest BCUT2D eigenvalue weighted by Gasteiger charge is -2.04. The lowest BCUT2D eigenvalue weighted by molar-refractivity contribution is 0.417. The minimum Gasteiger partial charge on any atom is -0.508 e. The Morgan fingerprint density at radius 1 is 1.40 bits per heavy atom. The summed E-state index contributed by atoms with van der Waals surface area (Å²) in [5, 5.41) is 9.26. The van der Waals surface area contributed by atoms with Crippen molar-refractivity contribution in [1.82, 2.24) is 9.55 Å². The molecule has 2 rings (SSSR count). The van der Waals surface area contributed by atoms with Gasteiger partial charge in [-0.25, -0.2) is 4.98 Å². The van der Waals surface area contributed by atoms with Crippen LogP contribution in [-0.2, 0) is 7.05 Å². The lowest BCUT2D eigenvalue weighted by atomic mass is 10.3. The molecule has 0 amide bonds. The van der Waals surface area contributed by atoms with Crippen molar-refractivity contribution < 1.29 is 9.84 Å². The summed E-state index contributed by atoms with van der Waals surface area (Å²) in [6, 6.07) is 7.14. The molecule has 15 heavy (non-hydrogen) atoms. The van der Waals surface area contributed by atoms with Crippen LogP contribution in [0.25, 0.3) is 0 Å². The van der Waals surface area contributed by atoms with Crippen LogP contribution in [0.3, 0.4) is 0 Å². The van der Waals surface area contributed by atoms with Gasteiger partial charge in [0, 0.05) is 19.3 Å². The fourth-order valence-electron chi connectivity index (χ4n) is 1.34. The van der Waals surface area contributed by atoms with E-state index in [2.05, 4.69) is 4.98 Å². The molecule has 0 bridgehead atoms. The summed E-state index contributed by atoms with van der Waals surface area (Å²) >= 11 is 0. The fourth-order valence-corrected chi connectivity index (χ4v) is 1.34. The van der Waals surface area contributed by atoms with Gasteiger partial charge >= 0.3 is 6.01 Å². The molecular formula is C11H12N2O2. The van der Waals surface area contributed by atoms with E-state index >= 15 is 0 Å². The van der Waals surface area contributed by atoms with E-state index in [0.717, 1.165) is 5.69 Å². The third-order valence-corrected chi connectivity index (χ3v) is 1.98. The number of benzene rings is 1. The Labute approximate surface area is 87.8 Å². The smallest absolute Gasteiger partial charge is 0.301 e. The Morgan fingerprint density at radius 3 is 2.80 bits per heavy atom. The molecule has 0 saturated carbocycles. The second-order valence-corrected chi connectivity index (χ2v) is 3.38. The van der Waals surface area contributed by atoms with Crippen LogP contribution in [0.4, 0.5) is 0 Å². The number of phenolic OH excluding ortho intramolecular Hbond substituents is 1. The van der Waals surface area contributed by atoms with Crippen LogP contribution >= 0.6 is 0 Å². The van der Waals surface area contributed by atoms with Crippen LogP contribution in [0.2, 0.25) is 0 Å². The molecule has 0 unspecified atom stereocenters. The van der Waals surface area contributed by atoms with Gasteiger partial charge in [-0.2, -0.15) is 0 Å². The summed E-state index contributed by atoms with van der Waals surface area (Å²) in [5.41, 5.74) is 0.896. The Hall–Kier alpha value is -1.97. The highest BCUT2D eigenvalue weighted by Gasteiger charge is 2.04. The van der Waals surface area contributed by atoms with Crippen LogP contribution in [0, 0.1) is 6.92 Å². The standard InChI is InChI=1S/C11H12N2O2/c1-8-7-13(2)11(12-8)15-10-5-3-4-9(14)6-10/h3-7,14H,1-2H3. The van der Waals surface area contributed by atoms with Crippen LogP contribution < -0.4 is 4.74 Å². The highest BCUT2D eigenvalue weighted by atomic mass is 16.5. The number of ether oxygens (including phenoxy) is 1. The summed E-state index contributed by atoms with van der Waals surface area (Å²) in [6.45, 7) is 1.90. The van der Waals surface area contributed by atoms with E-state index in [1.165, 1.54) is 0 Å². The number of imidazole rings is 1. The number of nitrogens with zero attached hydrogens (tertiary/aromatic N) is 2. The molecule has 0 radical (unpaired) electrons. The van der Waals surface area contributed by atoms with Crippen molar-refractivity contribution in [3.05, 3.63) is 36.2 Å². The Kier molecular flexibility index (Phi) is 2.33. The van der Waals surface area contributed by atoms with Crippen molar-refractivity contribution in [3.8, 4) is 17.5 Å². The van der Waals surface area contributed by atoms with Crippen LogP contribution in [0.1, 0.15) is 5.69 Å². The number of aromatic hydroxyl groups is 1. The minimum atomic E-state index is 0.179. The lowest BCUT2D eigenvalue weighted by Crippen LogP contribution is -1.92. The van der Waals surface area contributed by atoms with Gasteiger partial charge in [-0.15, -0.1) is 0 Å². The molecule has 2 aromatic rings. The van der Waals surface area contributed by atoms with Crippen LogP contribution in [0.5, 0.6) is 17.5 Å². The van der Waals surface area contributed by atoms with Gasteiger partial charge in [0.05, 0.1) is 5.69 Å². The molecule has 0 aliphatic rings. The maximum Gasteiger partial charge on any atom is 0.301 e. The van der Waals surface area contributed by atoms with Gasteiger partial charge < -0.3 is 14.4 Å². The van der Waals surface area contributed by atoms with E-state index in [-0.39, 0.29) is 5.75 Å². The van der Waals surface area contributed by atoms with E-state index in [4.69, 9.17) is 4.74 Å². The molecular weight excluding hydrogens is 192 g/mol. The molecule has 4 heteroatoms. The number of aromatic nitrogens is 2. The first-order valence-corrected chi connectivity index (χ1v) is 4.62. The molecule has 1 N–H and O–H groups in total. The van der Waals surface area contributed by atoms with Crippen LogP contribution in [-0.4, -0.2) is 14.7 Å². The quantitative estimate of drug-likeness (QED) is 0.815. The normalized spacial score (nSPS) is 10.3. The second-order valence-electron chi connectivity index (χ2n) is 3.38. The van der Waals surface area contributed by atoms with E-state index < -0.39 is 0 Å². The van der Waals surface area contributed by atoms with Crippen LogP contribution in [0.15, 0.2) is 30.5 Å². The molecule has 0 saturated heterocycles. The summed E-state index contributed by atoms with van der Waals surface area (Å²) in [5.74, 6) is 0.752. The Balaban J connectivity index is 2.25. The molecule has 1 aromatic heterocycles. The molecule has 0 aliphatic heterocycles. The van der Waals surface area contributed by atoms with E-state index in [1.807, 2.05) is 20.2 Å². The van der Waals surface area contributed by atoms with Crippen molar-refractivity contribution in [2.45, 2.75) is 6.92 Å². The SMILES string of the molecule is Cc1cn(C)c(Oc2cccc(O)c2)n1. The zero-order chi connectivity index (χ0) is 10.8. The molecule has 1 heterocycles. The highest BCUT2D eigenvalue weighted by molar-refractivity contribution is 5.33. The van der Waals surface area contributed by atoms with Crippen molar-refractivity contribution in [3.63, 3.8) is 0 Å². The predicted octanol–water partition coefficient (Wildman–Crippen LogP) is 2.23. The molecule has 0 atom stereocenters. The first kappa shape index (κ1) is 9.58. The van der Waals surface area contributed by atoms with Gasteiger partial charge in [0.25, 0.3) is 0 Å². The maximum atomic E-state index is 9.26. The number of rotatable bonds is 2. The van der Waals surface area contributed by atoms with E-state index in [0.29, 0.717) is 11.8 Å². The average Bonchev–Trinajstić information content (AvgIpc) is 2.45. The maximum absolute atomic E-state index is 9.26. The zero-order valence-electron chi connectivity index (χ0n) is 8.64.